The first kappa shape index (κ1) is 16.7. The van der Waals surface area contributed by atoms with Gasteiger partial charge in [-0.2, -0.15) is 0 Å². The summed E-state index contributed by atoms with van der Waals surface area (Å²) in [4.78, 5) is 11.0. The van der Waals surface area contributed by atoms with Crippen LogP contribution >= 0.6 is 0 Å². The average molecular weight is 250 g/mol. The van der Waals surface area contributed by atoms with Crippen molar-refractivity contribution in [2.45, 2.75) is 53.4 Å². The van der Waals surface area contributed by atoms with Crippen LogP contribution in [0.5, 0.6) is 0 Å². The van der Waals surface area contributed by atoms with E-state index in [1.807, 2.05) is 13.0 Å². The zero-order valence-corrected chi connectivity index (χ0v) is 12.2. The molecule has 0 amide bonds. The maximum absolute atomic E-state index is 11.0. The van der Waals surface area contributed by atoms with Crippen LogP contribution in [-0.4, -0.2) is 12.6 Å². The fourth-order valence-corrected chi connectivity index (χ4v) is 1.49. The van der Waals surface area contributed by atoms with Crippen molar-refractivity contribution in [3.05, 3.63) is 35.5 Å². The fraction of sp³-hybridized carbons (Fsp3) is 0.562. The Morgan fingerprint density at radius 1 is 1.06 bits per heavy atom. The van der Waals surface area contributed by atoms with Gasteiger partial charge in [-0.3, -0.25) is 0 Å². The van der Waals surface area contributed by atoms with E-state index in [0.29, 0.717) is 6.61 Å². The summed E-state index contributed by atoms with van der Waals surface area (Å²) >= 11 is 0. The van der Waals surface area contributed by atoms with E-state index in [4.69, 9.17) is 4.74 Å². The van der Waals surface area contributed by atoms with Crippen LogP contribution in [0, 0.1) is 0 Å². The van der Waals surface area contributed by atoms with Gasteiger partial charge in [0.1, 0.15) is 0 Å². The van der Waals surface area contributed by atoms with Crippen molar-refractivity contribution < 1.29 is 9.53 Å². The molecule has 18 heavy (non-hydrogen) atoms. The van der Waals surface area contributed by atoms with Crippen LogP contribution in [0.15, 0.2) is 35.5 Å². The Balaban J connectivity index is 3.74. The third kappa shape index (κ3) is 11.2. The first-order chi connectivity index (χ1) is 8.56. The van der Waals surface area contributed by atoms with Gasteiger partial charge in [-0.15, -0.1) is 0 Å². The van der Waals surface area contributed by atoms with Gasteiger partial charge in [0.15, 0.2) is 0 Å². The van der Waals surface area contributed by atoms with E-state index in [9.17, 15) is 4.79 Å². The molecule has 0 atom stereocenters. The lowest BCUT2D eigenvalue weighted by Crippen LogP contribution is -1.98. The molecule has 0 saturated heterocycles. The van der Waals surface area contributed by atoms with Crippen LogP contribution in [0.3, 0.4) is 0 Å². The molecule has 0 heterocycles. The molecule has 0 aliphatic rings. The Kier molecular flexibility index (Phi) is 10.0. The molecule has 0 aliphatic heterocycles. The summed E-state index contributed by atoms with van der Waals surface area (Å²) in [5.74, 6) is -0.248. The van der Waals surface area contributed by atoms with Gasteiger partial charge in [0.05, 0.1) is 6.61 Å². The smallest absolute Gasteiger partial charge is 0.330 e. The first-order valence-corrected chi connectivity index (χ1v) is 6.68. The summed E-state index contributed by atoms with van der Waals surface area (Å²) in [5.41, 5.74) is 2.79. The van der Waals surface area contributed by atoms with Gasteiger partial charge in [-0.05, 0) is 53.4 Å². The molecule has 0 spiro atoms. The SMILES string of the molecule is CCOC(=O)C=CCCC=C(C)CCC=C(C)C. The van der Waals surface area contributed by atoms with Crippen LogP contribution in [0.4, 0.5) is 0 Å². The Labute approximate surface area is 111 Å². The molecule has 2 nitrogen and oxygen atoms in total. The summed E-state index contributed by atoms with van der Waals surface area (Å²) < 4.78 is 4.80. The maximum atomic E-state index is 11.0. The molecule has 0 saturated carbocycles. The number of rotatable bonds is 8. The number of hydrogen-bond donors (Lipinski definition) is 0. The largest absolute Gasteiger partial charge is 0.463 e. The predicted molar refractivity (Wildman–Crippen MR) is 77.4 cm³/mol. The van der Waals surface area contributed by atoms with Gasteiger partial charge >= 0.3 is 5.97 Å². The van der Waals surface area contributed by atoms with Gasteiger partial charge in [0.2, 0.25) is 0 Å². The predicted octanol–water partition coefficient (Wildman–Crippen LogP) is 4.58. The van der Waals surface area contributed by atoms with Crippen molar-refractivity contribution in [1.29, 1.82) is 0 Å². The van der Waals surface area contributed by atoms with E-state index in [1.165, 1.54) is 17.2 Å². The van der Waals surface area contributed by atoms with Crippen molar-refractivity contribution >= 4 is 5.97 Å². The quantitative estimate of drug-likeness (QED) is 0.273. The lowest BCUT2D eigenvalue weighted by molar-refractivity contribution is -0.137. The summed E-state index contributed by atoms with van der Waals surface area (Å²) in [7, 11) is 0. The molecule has 0 aromatic heterocycles. The molecule has 0 aromatic carbocycles. The molecular weight excluding hydrogens is 224 g/mol. The van der Waals surface area contributed by atoms with E-state index in [2.05, 4.69) is 32.9 Å². The normalized spacial score (nSPS) is 11.7. The fourth-order valence-electron chi connectivity index (χ4n) is 1.49. The lowest BCUT2D eigenvalue weighted by Gasteiger charge is -1.98. The highest BCUT2D eigenvalue weighted by Gasteiger charge is 1.92. The Bertz CT molecular complexity index is 318. The second kappa shape index (κ2) is 10.8. The Morgan fingerprint density at radius 3 is 2.39 bits per heavy atom. The van der Waals surface area contributed by atoms with Crippen LogP contribution in [0.25, 0.3) is 0 Å². The van der Waals surface area contributed by atoms with Crippen LogP contribution in [-0.2, 0) is 9.53 Å². The number of unbranched alkanes of at least 4 members (excludes halogenated alkanes) is 1. The number of hydrogen-bond acceptors (Lipinski definition) is 2. The maximum Gasteiger partial charge on any atom is 0.330 e. The Hall–Kier alpha value is -1.31. The number of allylic oxidation sites excluding steroid dienone is 5. The van der Waals surface area contributed by atoms with Crippen molar-refractivity contribution in [3.63, 3.8) is 0 Å². The van der Waals surface area contributed by atoms with Crippen molar-refractivity contribution in [2.24, 2.45) is 0 Å². The summed E-state index contributed by atoms with van der Waals surface area (Å²) in [5, 5.41) is 0. The second-order valence-electron chi connectivity index (χ2n) is 4.60. The number of carbonyl (C=O) groups is 1. The van der Waals surface area contributed by atoms with Gasteiger partial charge in [0.25, 0.3) is 0 Å². The van der Waals surface area contributed by atoms with Crippen molar-refractivity contribution in [1.82, 2.24) is 0 Å². The monoisotopic (exact) mass is 250 g/mol. The van der Waals surface area contributed by atoms with E-state index >= 15 is 0 Å². The van der Waals surface area contributed by atoms with E-state index in [1.54, 1.807) is 0 Å². The van der Waals surface area contributed by atoms with Crippen LogP contribution in [0.1, 0.15) is 53.4 Å². The highest BCUT2D eigenvalue weighted by Crippen LogP contribution is 2.08. The highest BCUT2D eigenvalue weighted by molar-refractivity contribution is 5.81. The zero-order chi connectivity index (χ0) is 13.8. The van der Waals surface area contributed by atoms with E-state index in [0.717, 1.165) is 25.7 Å². The molecule has 102 valence electrons. The summed E-state index contributed by atoms with van der Waals surface area (Å²) in [6, 6.07) is 0. The van der Waals surface area contributed by atoms with Crippen molar-refractivity contribution in [2.75, 3.05) is 6.61 Å². The molecule has 0 aromatic rings. The molecule has 0 unspecified atom stereocenters. The topological polar surface area (TPSA) is 26.3 Å². The van der Waals surface area contributed by atoms with E-state index < -0.39 is 0 Å². The van der Waals surface area contributed by atoms with Crippen molar-refractivity contribution in [3.8, 4) is 0 Å². The van der Waals surface area contributed by atoms with Crippen LogP contribution < -0.4 is 0 Å². The summed E-state index contributed by atoms with van der Waals surface area (Å²) in [6.45, 7) is 8.66. The molecule has 0 radical (unpaired) electrons. The average Bonchev–Trinajstić information content (AvgIpc) is 2.28. The van der Waals surface area contributed by atoms with Crippen LogP contribution in [0.2, 0.25) is 0 Å². The molecular formula is C16H26O2. The molecule has 0 fully saturated rings. The summed E-state index contributed by atoms with van der Waals surface area (Å²) in [6.07, 6.45) is 12.0. The molecule has 0 rings (SSSR count). The lowest BCUT2D eigenvalue weighted by atomic mass is 10.1. The minimum Gasteiger partial charge on any atom is -0.463 e. The number of carbonyl (C=O) groups excluding carboxylic acids is 1. The van der Waals surface area contributed by atoms with Gasteiger partial charge in [-0.25, -0.2) is 4.79 Å². The minimum atomic E-state index is -0.248. The molecule has 0 N–H and O–H groups in total. The third-order valence-electron chi connectivity index (χ3n) is 2.46. The molecule has 0 bridgehead atoms. The third-order valence-corrected chi connectivity index (χ3v) is 2.46. The highest BCUT2D eigenvalue weighted by atomic mass is 16.5. The second-order valence-corrected chi connectivity index (χ2v) is 4.60. The van der Waals surface area contributed by atoms with Gasteiger partial charge in [0, 0.05) is 6.08 Å². The number of esters is 1. The number of ether oxygens (including phenoxy) is 1. The van der Waals surface area contributed by atoms with Gasteiger partial charge < -0.3 is 4.74 Å². The molecule has 2 heteroatoms. The standard InChI is InChI=1S/C16H26O2/c1-5-18-16(17)13-8-6-7-11-15(4)12-9-10-14(2)3/h8,10-11,13H,5-7,9,12H2,1-4H3. The Morgan fingerprint density at radius 2 is 1.78 bits per heavy atom. The van der Waals surface area contributed by atoms with E-state index in [-0.39, 0.29) is 5.97 Å². The zero-order valence-electron chi connectivity index (χ0n) is 12.2. The van der Waals surface area contributed by atoms with Gasteiger partial charge in [-0.1, -0.05) is 29.4 Å². The molecule has 0 aliphatic carbocycles. The minimum absolute atomic E-state index is 0.248. The first-order valence-electron chi connectivity index (χ1n) is 6.68.